The topological polar surface area (TPSA) is 46.2 Å². The van der Waals surface area contributed by atoms with Crippen molar-refractivity contribution in [2.24, 2.45) is 0 Å². The number of alkyl halides is 3. The number of halogens is 3. The standard InChI is InChI=1S/C12H16F3NO2S/c1-2-9-19(17,18)11-5-3-10(4-6-11)16-8-7-12(13,14)15/h3-6,16H,2,7-9H2,1H3. The average Bonchev–Trinajstić information content (AvgIpc) is 2.28. The Morgan fingerprint density at radius 3 is 2.21 bits per heavy atom. The Bertz CT molecular complexity index is 495. The number of anilines is 1. The molecule has 0 fully saturated rings. The zero-order valence-electron chi connectivity index (χ0n) is 10.5. The van der Waals surface area contributed by atoms with Crippen LogP contribution < -0.4 is 5.32 Å². The molecule has 19 heavy (non-hydrogen) atoms. The second-order valence-electron chi connectivity index (χ2n) is 4.14. The number of sulfone groups is 1. The minimum atomic E-state index is -4.20. The first-order valence-corrected chi connectivity index (χ1v) is 7.53. The third kappa shape index (κ3) is 5.50. The zero-order valence-corrected chi connectivity index (χ0v) is 11.3. The molecule has 0 aliphatic heterocycles. The molecule has 1 aromatic carbocycles. The van der Waals surface area contributed by atoms with Crippen molar-refractivity contribution in [3.8, 4) is 0 Å². The summed E-state index contributed by atoms with van der Waals surface area (Å²) in [6.45, 7) is 1.54. The van der Waals surface area contributed by atoms with Crippen LogP contribution >= 0.6 is 0 Å². The van der Waals surface area contributed by atoms with Crippen molar-refractivity contribution in [3.05, 3.63) is 24.3 Å². The second kappa shape index (κ2) is 6.27. The largest absolute Gasteiger partial charge is 0.390 e. The smallest absolute Gasteiger partial charge is 0.385 e. The van der Waals surface area contributed by atoms with Crippen LogP contribution in [0.15, 0.2) is 29.2 Å². The van der Waals surface area contributed by atoms with E-state index in [-0.39, 0.29) is 17.2 Å². The molecule has 0 radical (unpaired) electrons. The molecule has 1 rings (SSSR count). The third-order valence-electron chi connectivity index (χ3n) is 2.42. The molecule has 0 heterocycles. The summed E-state index contributed by atoms with van der Waals surface area (Å²) >= 11 is 0. The fraction of sp³-hybridized carbons (Fsp3) is 0.500. The first-order chi connectivity index (χ1) is 8.74. The lowest BCUT2D eigenvalue weighted by Crippen LogP contribution is -2.14. The first-order valence-electron chi connectivity index (χ1n) is 5.88. The predicted octanol–water partition coefficient (Wildman–Crippen LogP) is 3.23. The SMILES string of the molecule is CCCS(=O)(=O)c1ccc(NCCC(F)(F)F)cc1. The highest BCUT2D eigenvalue weighted by Gasteiger charge is 2.26. The quantitative estimate of drug-likeness (QED) is 0.876. The van der Waals surface area contributed by atoms with Crippen molar-refractivity contribution in [1.82, 2.24) is 0 Å². The average molecular weight is 295 g/mol. The van der Waals surface area contributed by atoms with Gasteiger partial charge in [0.15, 0.2) is 9.84 Å². The van der Waals surface area contributed by atoms with E-state index >= 15 is 0 Å². The molecule has 0 saturated heterocycles. The zero-order chi connectivity index (χ0) is 14.5. The molecule has 1 aromatic rings. The van der Waals surface area contributed by atoms with Crippen LogP contribution in [0, 0.1) is 0 Å². The Balaban J connectivity index is 2.62. The van der Waals surface area contributed by atoms with Gasteiger partial charge in [0, 0.05) is 12.2 Å². The van der Waals surface area contributed by atoms with Gasteiger partial charge in [0.1, 0.15) is 0 Å². The molecular formula is C12H16F3NO2S. The highest BCUT2D eigenvalue weighted by atomic mass is 32.2. The maximum atomic E-state index is 11.9. The summed E-state index contributed by atoms with van der Waals surface area (Å²) < 4.78 is 59.3. The van der Waals surface area contributed by atoms with Gasteiger partial charge >= 0.3 is 6.18 Å². The van der Waals surface area contributed by atoms with Gasteiger partial charge in [-0.1, -0.05) is 6.92 Å². The van der Waals surface area contributed by atoms with Crippen LogP contribution in [0.2, 0.25) is 0 Å². The van der Waals surface area contributed by atoms with Gasteiger partial charge in [0.05, 0.1) is 17.1 Å². The summed E-state index contributed by atoms with van der Waals surface area (Å²) in [6, 6.07) is 5.75. The van der Waals surface area contributed by atoms with Crippen molar-refractivity contribution in [3.63, 3.8) is 0 Å². The maximum Gasteiger partial charge on any atom is 0.390 e. The molecule has 0 aromatic heterocycles. The van der Waals surface area contributed by atoms with E-state index in [9.17, 15) is 21.6 Å². The minimum Gasteiger partial charge on any atom is -0.385 e. The Hall–Kier alpha value is -1.24. The van der Waals surface area contributed by atoms with Gasteiger partial charge in [-0.3, -0.25) is 0 Å². The fourth-order valence-electron chi connectivity index (χ4n) is 1.52. The number of hydrogen-bond donors (Lipinski definition) is 1. The molecule has 7 heteroatoms. The van der Waals surface area contributed by atoms with Crippen LogP contribution in [0.3, 0.4) is 0 Å². The molecule has 0 spiro atoms. The Morgan fingerprint density at radius 2 is 1.74 bits per heavy atom. The van der Waals surface area contributed by atoms with Gasteiger partial charge in [-0.25, -0.2) is 8.42 Å². The highest BCUT2D eigenvalue weighted by Crippen LogP contribution is 2.20. The molecule has 3 nitrogen and oxygen atoms in total. The molecular weight excluding hydrogens is 279 g/mol. The summed E-state index contributed by atoms with van der Waals surface area (Å²) in [4.78, 5) is 0.190. The third-order valence-corrected chi connectivity index (χ3v) is 4.36. The van der Waals surface area contributed by atoms with E-state index in [0.29, 0.717) is 12.1 Å². The van der Waals surface area contributed by atoms with Crippen LogP contribution in [0.1, 0.15) is 19.8 Å². The van der Waals surface area contributed by atoms with Crippen molar-refractivity contribution < 1.29 is 21.6 Å². The molecule has 0 saturated carbocycles. The lowest BCUT2D eigenvalue weighted by Gasteiger charge is -2.09. The maximum absolute atomic E-state index is 11.9. The van der Waals surface area contributed by atoms with Crippen molar-refractivity contribution in [2.75, 3.05) is 17.6 Å². The number of hydrogen-bond acceptors (Lipinski definition) is 3. The molecule has 1 N–H and O–H groups in total. The highest BCUT2D eigenvalue weighted by molar-refractivity contribution is 7.91. The molecule has 108 valence electrons. The van der Waals surface area contributed by atoms with Crippen LogP contribution in [-0.4, -0.2) is 26.9 Å². The van der Waals surface area contributed by atoms with Crippen molar-refractivity contribution in [2.45, 2.75) is 30.8 Å². The van der Waals surface area contributed by atoms with E-state index in [1.54, 1.807) is 6.92 Å². The molecule has 0 atom stereocenters. The summed E-state index contributed by atoms with van der Waals surface area (Å²) in [7, 11) is -3.28. The Labute approximate surface area is 110 Å². The van der Waals surface area contributed by atoms with Gasteiger partial charge in [-0.2, -0.15) is 13.2 Å². The second-order valence-corrected chi connectivity index (χ2v) is 6.24. The summed E-state index contributed by atoms with van der Waals surface area (Å²) in [5.74, 6) is 0.0633. The van der Waals surface area contributed by atoms with E-state index in [1.807, 2.05) is 0 Å². The Morgan fingerprint density at radius 1 is 1.16 bits per heavy atom. The van der Waals surface area contributed by atoms with E-state index in [1.165, 1.54) is 24.3 Å². The van der Waals surface area contributed by atoms with Crippen LogP contribution in [-0.2, 0) is 9.84 Å². The summed E-state index contributed by atoms with van der Waals surface area (Å²) in [6.07, 6.45) is -4.60. The van der Waals surface area contributed by atoms with Crippen LogP contribution in [0.5, 0.6) is 0 Å². The molecule has 0 aliphatic carbocycles. The summed E-state index contributed by atoms with van der Waals surface area (Å²) in [5, 5.41) is 2.60. The monoisotopic (exact) mass is 295 g/mol. The molecule has 0 unspecified atom stereocenters. The molecule has 0 bridgehead atoms. The number of nitrogens with one attached hydrogen (secondary N) is 1. The summed E-state index contributed by atoms with van der Waals surface area (Å²) in [5.41, 5.74) is 0.472. The lowest BCUT2D eigenvalue weighted by molar-refractivity contribution is -0.131. The van der Waals surface area contributed by atoms with Crippen LogP contribution in [0.25, 0.3) is 0 Å². The van der Waals surface area contributed by atoms with Gasteiger partial charge < -0.3 is 5.32 Å². The fourth-order valence-corrected chi connectivity index (χ4v) is 2.84. The van der Waals surface area contributed by atoms with Crippen molar-refractivity contribution in [1.29, 1.82) is 0 Å². The van der Waals surface area contributed by atoms with E-state index in [0.717, 1.165) is 0 Å². The van der Waals surface area contributed by atoms with E-state index in [2.05, 4.69) is 5.32 Å². The lowest BCUT2D eigenvalue weighted by atomic mass is 10.3. The van der Waals surface area contributed by atoms with Crippen LogP contribution in [0.4, 0.5) is 18.9 Å². The van der Waals surface area contributed by atoms with Gasteiger partial charge in [0.2, 0.25) is 0 Å². The van der Waals surface area contributed by atoms with E-state index in [4.69, 9.17) is 0 Å². The normalized spacial score (nSPS) is 12.4. The Kier molecular flexibility index (Phi) is 5.22. The minimum absolute atomic E-state index is 0.0633. The number of benzene rings is 1. The molecule has 0 aliphatic rings. The van der Waals surface area contributed by atoms with Gasteiger partial charge in [-0.05, 0) is 30.7 Å². The van der Waals surface area contributed by atoms with E-state index < -0.39 is 22.4 Å². The number of rotatable bonds is 6. The van der Waals surface area contributed by atoms with Crippen molar-refractivity contribution >= 4 is 15.5 Å². The first kappa shape index (κ1) is 15.8. The van der Waals surface area contributed by atoms with Gasteiger partial charge in [0.25, 0.3) is 0 Å². The van der Waals surface area contributed by atoms with Gasteiger partial charge in [-0.15, -0.1) is 0 Å². The molecule has 0 amide bonds. The predicted molar refractivity (Wildman–Crippen MR) is 67.9 cm³/mol.